The van der Waals surface area contributed by atoms with E-state index in [4.69, 9.17) is 5.73 Å². The second-order valence-electron chi connectivity index (χ2n) is 4.79. The number of aromatic nitrogens is 1. The van der Waals surface area contributed by atoms with E-state index in [1.54, 1.807) is 6.20 Å². The summed E-state index contributed by atoms with van der Waals surface area (Å²) in [6.45, 7) is 3.39. The fourth-order valence-corrected chi connectivity index (χ4v) is 2.65. The van der Waals surface area contributed by atoms with Crippen LogP contribution in [0.3, 0.4) is 0 Å². The van der Waals surface area contributed by atoms with E-state index in [0.29, 0.717) is 17.8 Å². The van der Waals surface area contributed by atoms with Gasteiger partial charge in [0, 0.05) is 18.6 Å². The van der Waals surface area contributed by atoms with Crippen LogP contribution in [0.1, 0.15) is 19.8 Å². The SMILES string of the molecule is CC1CC(Nc2ncc(N)cc2Br)CCN1C. The summed E-state index contributed by atoms with van der Waals surface area (Å²) in [5.41, 5.74) is 6.35. The molecule has 0 saturated carbocycles. The van der Waals surface area contributed by atoms with Crippen molar-refractivity contribution in [3.63, 3.8) is 0 Å². The molecule has 1 aliphatic heterocycles. The number of nitrogens with two attached hydrogens (primary N) is 1. The third kappa shape index (κ3) is 3.10. The van der Waals surface area contributed by atoms with Crippen molar-refractivity contribution in [3.05, 3.63) is 16.7 Å². The first kappa shape index (κ1) is 12.6. The smallest absolute Gasteiger partial charge is 0.140 e. The Morgan fingerprint density at radius 2 is 2.35 bits per heavy atom. The molecule has 94 valence electrons. The van der Waals surface area contributed by atoms with Gasteiger partial charge in [-0.2, -0.15) is 0 Å². The normalized spacial score (nSPS) is 25.8. The molecule has 0 bridgehead atoms. The average Bonchev–Trinajstić information content (AvgIpc) is 2.27. The minimum Gasteiger partial charge on any atom is -0.397 e. The van der Waals surface area contributed by atoms with Crippen LogP contribution in [-0.2, 0) is 0 Å². The summed E-state index contributed by atoms with van der Waals surface area (Å²) in [6, 6.07) is 3.00. The lowest BCUT2D eigenvalue weighted by molar-refractivity contribution is 0.190. The van der Waals surface area contributed by atoms with E-state index in [-0.39, 0.29) is 0 Å². The van der Waals surface area contributed by atoms with E-state index < -0.39 is 0 Å². The number of nitrogens with one attached hydrogen (secondary N) is 1. The Kier molecular flexibility index (Phi) is 3.89. The number of likely N-dealkylation sites (tertiary alicyclic amines) is 1. The zero-order valence-electron chi connectivity index (χ0n) is 10.3. The maximum absolute atomic E-state index is 5.67. The van der Waals surface area contributed by atoms with E-state index in [9.17, 15) is 0 Å². The second-order valence-corrected chi connectivity index (χ2v) is 5.65. The number of halogens is 1. The summed E-state index contributed by atoms with van der Waals surface area (Å²) < 4.78 is 0.934. The molecule has 0 spiro atoms. The molecule has 2 unspecified atom stereocenters. The molecule has 1 aliphatic rings. The van der Waals surface area contributed by atoms with Crippen molar-refractivity contribution in [2.45, 2.75) is 31.8 Å². The highest BCUT2D eigenvalue weighted by atomic mass is 79.9. The molecule has 1 fully saturated rings. The summed E-state index contributed by atoms with van der Waals surface area (Å²) in [5.74, 6) is 0.890. The van der Waals surface area contributed by atoms with Crippen molar-refractivity contribution in [1.29, 1.82) is 0 Å². The van der Waals surface area contributed by atoms with Crippen molar-refractivity contribution in [2.24, 2.45) is 0 Å². The summed E-state index contributed by atoms with van der Waals surface area (Å²) in [7, 11) is 2.18. The van der Waals surface area contributed by atoms with Gasteiger partial charge in [0.2, 0.25) is 0 Å². The summed E-state index contributed by atoms with van der Waals surface area (Å²) in [4.78, 5) is 6.71. The molecule has 0 amide bonds. The molecule has 1 saturated heterocycles. The van der Waals surface area contributed by atoms with Crippen LogP contribution >= 0.6 is 15.9 Å². The molecular formula is C12H19BrN4. The first-order chi connectivity index (χ1) is 8.06. The van der Waals surface area contributed by atoms with Gasteiger partial charge in [0.05, 0.1) is 16.4 Å². The van der Waals surface area contributed by atoms with Crippen molar-refractivity contribution in [2.75, 3.05) is 24.6 Å². The van der Waals surface area contributed by atoms with Crippen molar-refractivity contribution in [3.8, 4) is 0 Å². The van der Waals surface area contributed by atoms with Crippen LogP contribution in [0.4, 0.5) is 11.5 Å². The van der Waals surface area contributed by atoms with Gasteiger partial charge < -0.3 is 16.0 Å². The Morgan fingerprint density at radius 3 is 3.00 bits per heavy atom. The fourth-order valence-electron chi connectivity index (χ4n) is 2.17. The highest BCUT2D eigenvalue weighted by Crippen LogP contribution is 2.25. The number of piperidine rings is 1. The van der Waals surface area contributed by atoms with E-state index >= 15 is 0 Å². The van der Waals surface area contributed by atoms with Gasteiger partial charge in [-0.25, -0.2) is 4.98 Å². The Balaban J connectivity index is 2.01. The molecule has 0 aliphatic carbocycles. The Hall–Kier alpha value is -0.810. The molecule has 0 radical (unpaired) electrons. The standard InChI is InChI=1S/C12H19BrN4/c1-8-5-10(3-4-17(8)2)16-12-11(13)6-9(14)7-15-12/h6-8,10H,3-5,14H2,1-2H3,(H,15,16). The highest BCUT2D eigenvalue weighted by molar-refractivity contribution is 9.10. The van der Waals surface area contributed by atoms with Crippen LogP contribution in [0.15, 0.2) is 16.7 Å². The van der Waals surface area contributed by atoms with Gasteiger partial charge in [0.1, 0.15) is 5.82 Å². The van der Waals surface area contributed by atoms with Crippen molar-refractivity contribution < 1.29 is 0 Å². The molecule has 2 rings (SSSR count). The minimum absolute atomic E-state index is 0.494. The summed E-state index contributed by atoms with van der Waals surface area (Å²) in [5, 5.41) is 3.49. The van der Waals surface area contributed by atoms with Gasteiger partial charge in [-0.05, 0) is 48.8 Å². The average molecular weight is 299 g/mol. The number of nitrogen functional groups attached to an aromatic ring is 1. The fraction of sp³-hybridized carbons (Fsp3) is 0.583. The van der Waals surface area contributed by atoms with Crippen LogP contribution in [-0.4, -0.2) is 35.6 Å². The highest BCUT2D eigenvalue weighted by Gasteiger charge is 2.23. The van der Waals surface area contributed by atoms with E-state index in [1.165, 1.54) is 0 Å². The van der Waals surface area contributed by atoms with Gasteiger partial charge in [-0.3, -0.25) is 0 Å². The molecule has 4 nitrogen and oxygen atoms in total. The molecule has 1 aromatic heterocycles. The van der Waals surface area contributed by atoms with E-state index in [0.717, 1.165) is 29.7 Å². The maximum Gasteiger partial charge on any atom is 0.140 e. The lowest BCUT2D eigenvalue weighted by Crippen LogP contribution is -2.42. The lowest BCUT2D eigenvalue weighted by Gasteiger charge is -2.35. The van der Waals surface area contributed by atoms with Crippen LogP contribution in [0, 0.1) is 0 Å². The van der Waals surface area contributed by atoms with Gasteiger partial charge >= 0.3 is 0 Å². The molecule has 1 aromatic rings. The third-order valence-corrected chi connectivity index (χ3v) is 4.02. The number of hydrogen-bond acceptors (Lipinski definition) is 4. The third-order valence-electron chi connectivity index (χ3n) is 3.41. The Morgan fingerprint density at radius 1 is 1.59 bits per heavy atom. The van der Waals surface area contributed by atoms with Gasteiger partial charge in [-0.15, -0.1) is 0 Å². The number of hydrogen-bond donors (Lipinski definition) is 2. The molecule has 0 aromatic carbocycles. The number of anilines is 2. The van der Waals surface area contributed by atoms with Crippen LogP contribution in [0.25, 0.3) is 0 Å². The second kappa shape index (κ2) is 5.23. The first-order valence-electron chi connectivity index (χ1n) is 5.94. The summed E-state index contributed by atoms with van der Waals surface area (Å²) >= 11 is 3.49. The maximum atomic E-state index is 5.67. The topological polar surface area (TPSA) is 54.2 Å². The Labute approximate surface area is 111 Å². The van der Waals surface area contributed by atoms with E-state index in [1.807, 2.05) is 6.07 Å². The minimum atomic E-state index is 0.494. The van der Waals surface area contributed by atoms with Crippen LogP contribution in [0.5, 0.6) is 0 Å². The molecular weight excluding hydrogens is 280 g/mol. The number of rotatable bonds is 2. The van der Waals surface area contributed by atoms with Crippen molar-refractivity contribution >= 4 is 27.4 Å². The predicted octanol–water partition coefficient (Wildman–Crippen LogP) is 2.32. The number of nitrogens with zero attached hydrogens (tertiary/aromatic N) is 2. The first-order valence-corrected chi connectivity index (χ1v) is 6.73. The Bertz CT molecular complexity index is 396. The van der Waals surface area contributed by atoms with Gasteiger partial charge in [0.25, 0.3) is 0 Å². The zero-order valence-corrected chi connectivity index (χ0v) is 11.9. The van der Waals surface area contributed by atoms with E-state index in [2.05, 4.69) is 45.1 Å². The monoisotopic (exact) mass is 298 g/mol. The number of pyridine rings is 1. The largest absolute Gasteiger partial charge is 0.397 e. The molecule has 3 N–H and O–H groups in total. The van der Waals surface area contributed by atoms with Crippen molar-refractivity contribution in [1.82, 2.24) is 9.88 Å². The quantitative estimate of drug-likeness (QED) is 0.880. The lowest BCUT2D eigenvalue weighted by atomic mass is 9.99. The predicted molar refractivity (Wildman–Crippen MR) is 75.1 cm³/mol. The molecule has 17 heavy (non-hydrogen) atoms. The molecule has 2 heterocycles. The van der Waals surface area contributed by atoms with Gasteiger partial charge in [0.15, 0.2) is 0 Å². The van der Waals surface area contributed by atoms with Crippen LogP contribution in [0.2, 0.25) is 0 Å². The van der Waals surface area contributed by atoms with Gasteiger partial charge in [-0.1, -0.05) is 0 Å². The van der Waals surface area contributed by atoms with Crippen LogP contribution < -0.4 is 11.1 Å². The molecule has 2 atom stereocenters. The summed E-state index contributed by atoms with van der Waals surface area (Å²) in [6.07, 6.45) is 3.99. The zero-order chi connectivity index (χ0) is 12.4. The molecule has 5 heteroatoms.